The molecule has 16 heavy (non-hydrogen) atoms. The minimum atomic E-state index is -0.907. The standard InChI is InChI=1S/C9H9N3O4/c10-8(13)16-6-1-2-7(11-5-6)12-3-4-15-9(12)14/h1-2,5H,3-4H2,(H2,10,13). The van der Waals surface area contributed by atoms with Gasteiger partial charge in [0.25, 0.3) is 0 Å². The molecule has 1 aromatic rings. The molecule has 0 aromatic carbocycles. The largest absolute Gasteiger partial charge is 0.447 e. The lowest BCUT2D eigenvalue weighted by Crippen LogP contribution is -2.24. The number of amides is 2. The van der Waals surface area contributed by atoms with E-state index >= 15 is 0 Å². The molecule has 0 bridgehead atoms. The summed E-state index contributed by atoms with van der Waals surface area (Å²) in [5.74, 6) is 0.670. The van der Waals surface area contributed by atoms with E-state index in [-0.39, 0.29) is 5.75 Å². The zero-order chi connectivity index (χ0) is 11.5. The van der Waals surface area contributed by atoms with Gasteiger partial charge in [0.15, 0.2) is 5.75 Å². The number of hydrogen-bond acceptors (Lipinski definition) is 5. The van der Waals surface area contributed by atoms with Crippen molar-refractivity contribution in [1.29, 1.82) is 0 Å². The summed E-state index contributed by atoms with van der Waals surface area (Å²) in [6, 6.07) is 3.05. The van der Waals surface area contributed by atoms with Crippen LogP contribution >= 0.6 is 0 Å². The van der Waals surface area contributed by atoms with Crippen molar-refractivity contribution >= 4 is 18.0 Å². The molecule has 0 unspecified atom stereocenters. The van der Waals surface area contributed by atoms with Gasteiger partial charge in [-0.05, 0) is 12.1 Å². The van der Waals surface area contributed by atoms with Crippen molar-refractivity contribution in [2.24, 2.45) is 5.73 Å². The Balaban J connectivity index is 2.12. The summed E-state index contributed by atoms with van der Waals surface area (Å²) in [6.07, 6.45) is -0.0303. The van der Waals surface area contributed by atoms with E-state index in [0.717, 1.165) is 0 Å². The van der Waals surface area contributed by atoms with Crippen molar-refractivity contribution in [3.8, 4) is 5.75 Å². The monoisotopic (exact) mass is 223 g/mol. The molecule has 0 spiro atoms. The van der Waals surface area contributed by atoms with Crippen molar-refractivity contribution < 1.29 is 19.1 Å². The Morgan fingerprint density at radius 2 is 2.38 bits per heavy atom. The normalized spacial score (nSPS) is 14.8. The van der Waals surface area contributed by atoms with Gasteiger partial charge in [0.1, 0.15) is 12.4 Å². The highest BCUT2D eigenvalue weighted by atomic mass is 16.6. The molecule has 0 saturated carbocycles. The highest BCUT2D eigenvalue weighted by molar-refractivity contribution is 5.88. The maximum Gasteiger partial charge on any atom is 0.415 e. The Bertz CT molecular complexity index is 417. The van der Waals surface area contributed by atoms with Crippen LogP contribution in [-0.2, 0) is 4.74 Å². The van der Waals surface area contributed by atoms with Crippen LogP contribution in [0.1, 0.15) is 0 Å². The third-order valence-corrected chi connectivity index (χ3v) is 1.98. The van der Waals surface area contributed by atoms with Crippen molar-refractivity contribution in [3.05, 3.63) is 18.3 Å². The number of pyridine rings is 1. The number of carbonyl (C=O) groups is 2. The molecule has 1 aromatic heterocycles. The average Bonchev–Trinajstić information content (AvgIpc) is 2.65. The molecular weight excluding hydrogens is 214 g/mol. The molecule has 7 heteroatoms. The fourth-order valence-electron chi connectivity index (χ4n) is 1.31. The number of anilines is 1. The topological polar surface area (TPSA) is 94.8 Å². The van der Waals surface area contributed by atoms with Crippen LogP contribution in [0, 0.1) is 0 Å². The number of rotatable bonds is 2. The minimum absolute atomic E-state index is 0.226. The second kappa shape index (κ2) is 4.05. The first-order chi connectivity index (χ1) is 7.66. The van der Waals surface area contributed by atoms with E-state index in [2.05, 4.69) is 9.72 Å². The first-order valence-corrected chi connectivity index (χ1v) is 4.54. The lowest BCUT2D eigenvalue weighted by Gasteiger charge is -2.11. The molecule has 0 radical (unpaired) electrons. The molecule has 2 amide bonds. The van der Waals surface area contributed by atoms with Crippen molar-refractivity contribution in [1.82, 2.24) is 4.98 Å². The summed E-state index contributed by atoms with van der Waals surface area (Å²) < 4.78 is 9.36. The predicted molar refractivity (Wildman–Crippen MR) is 53.1 cm³/mol. The van der Waals surface area contributed by atoms with Crippen molar-refractivity contribution in [2.45, 2.75) is 0 Å². The molecule has 1 fully saturated rings. The van der Waals surface area contributed by atoms with Gasteiger partial charge in [-0.1, -0.05) is 0 Å². The smallest absolute Gasteiger partial charge is 0.415 e. The van der Waals surface area contributed by atoms with E-state index in [1.54, 1.807) is 6.07 Å². The van der Waals surface area contributed by atoms with E-state index in [4.69, 9.17) is 10.5 Å². The number of ether oxygens (including phenoxy) is 2. The molecule has 2 heterocycles. The Morgan fingerprint density at radius 3 is 2.88 bits per heavy atom. The average molecular weight is 223 g/mol. The van der Waals surface area contributed by atoms with Gasteiger partial charge < -0.3 is 15.2 Å². The number of cyclic esters (lactones) is 1. The molecule has 0 atom stereocenters. The summed E-state index contributed by atoms with van der Waals surface area (Å²) in [7, 11) is 0. The Hall–Kier alpha value is -2.31. The lowest BCUT2D eigenvalue weighted by molar-refractivity contribution is 0.181. The fourth-order valence-corrected chi connectivity index (χ4v) is 1.31. The molecule has 1 aliphatic heterocycles. The van der Waals surface area contributed by atoms with Gasteiger partial charge in [-0.3, -0.25) is 4.90 Å². The van der Waals surface area contributed by atoms with Gasteiger partial charge in [-0.2, -0.15) is 0 Å². The van der Waals surface area contributed by atoms with Crippen LogP contribution in [0.15, 0.2) is 18.3 Å². The van der Waals surface area contributed by atoms with Crippen LogP contribution in [0.25, 0.3) is 0 Å². The van der Waals surface area contributed by atoms with Crippen LogP contribution in [0.3, 0.4) is 0 Å². The zero-order valence-corrected chi connectivity index (χ0v) is 8.25. The van der Waals surface area contributed by atoms with E-state index in [9.17, 15) is 9.59 Å². The van der Waals surface area contributed by atoms with E-state index in [0.29, 0.717) is 19.0 Å². The maximum atomic E-state index is 11.2. The van der Waals surface area contributed by atoms with Crippen LogP contribution < -0.4 is 15.4 Å². The van der Waals surface area contributed by atoms with E-state index in [1.165, 1.54) is 17.2 Å². The Kier molecular flexibility index (Phi) is 2.59. The number of primary amides is 1. The van der Waals surface area contributed by atoms with Gasteiger partial charge >= 0.3 is 12.2 Å². The number of carbonyl (C=O) groups excluding carboxylic acids is 2. The van der Waals surface area contributed by atoms with Gasteiger partial charge in [-0.25, -0.2) is 14.6 Å². The first-order valence-electron chi connectivity index (χ1n) is 4.54. The first kappa shape index (κ1) is 10.2. The summed E-state index contributed by atoms with van der Waals surface area (Å²) in [4.78, 5) is 27.0. The minimum Gasteiger partial charge on any atom is -0.447 e. The van der Waals surface area contributed by atoms with Gasteiger partial charge in [0.2, 0.25) is 0 Å². The third-order valence-electron chi connectivity index (χ3n) is 1.98. The quantitative estimate of drug-likeness (QED) is 0.787. The highest BCUT2D eigenvalue weighted by Crippen LogP contribution is 2.18. The molecule has 2 rings (SSSR count). The second-order valence-corrected chi connectivity index (χ2v) is 3.04. The lowest BCUT2D eigenvalue weighted by atomic mass is 10.4. The predicted octanol–water partition coefficient (Wildman–Crippen LogP) is 0.496. The number of aromatic nitrogens is 1. The van der Waals surface area contributed by atoms with Crippen LogP contribution in [0.5, 0.6) is 5.75 Å². The molecular formula is C9H9N3O4. The summed E-state index contributed by atoms with van der Waals surface area (Å²) in [6.45, 7) is 0.807. The Labute approximate surface area is 90.8 Å². The number of nitrogens with zero attached hydrogens (tertiary/aromatic N) is 2. The Morgan fingerprint density at radius 1 is 1.56 bits per heavy atom. The third kappa shape index (κ3) is 2.02. The van der Waals surface area contributed by atoms with E-state index in [1.807, 2.05) is 0 Å². The number of nitrogens with two attached hydrogens (primary N) is 1. The highest BCUT2D eigenvalue weighted by Gasteiger charge is 2.24. The molecule has 2 N–H and O–H groups in total. The fraction of sp³-hybridized carbons (Fsp3) is 0.222. The van der Waals surface area contributed by atoms with Crippen LogP contribution in [0.4, 0.5) is 15.4 Å². The molecule has 84 valence electrons. The van der Waals surface area contributed by atoms with Gasteiger partial charge in [-0.15, -0.1) is 0 Å². The summed E-state index contributed by atoms with van der Waals surface area (Å²) >= 11 is 0. The SMILES string of the molecule is NC(=O)Oc1ccc(N2CCOC2=O)nc1. The van der Waals surface area contributed by atoms with Crippen LogP contribution in [-0.4, -0.2) is 30.3 Å². The van der Waals surface area contributed by atoms with Gasteiger partial charge in [0, 0.05) is 0 Å². The van der Waals surface area contributed by atoms with Crippen molar-refractivity contribution in [2.75, 3.05) is 18.1 Å². The summed E-state index contributed by atoms with van der Waals surface area (Å²) in [5.41, 5.74) is 4.83. The van der Waals surface area contributed by atoms with Crippen molar-refractivity contribution in [3.63, 3.8) is 0 Å². The van der Waals surface area contributed by atoms with Crippen LogP contribution in [0.2, 0.25) is 0 Å². The molecule has 1 aliphatic rings. The molecule has 7 nitrogen and oxygen atoms in total. The molecule has 1 saturated heterocycles. The zero-order valence-electron chi connectivity index (χ0n) is 8.25. The number of hydrogen-bond donors (Lipinski definition) is 1. The molecule has 0 aliphatic carbocycles. The second-order valence-electron chi connectivity index (χ2n) is 3.04. The maximum absolute atomic E-state index is 11.2. The van der Waals surface area contributed by atoms with E-state index < -0.39 is 12.2 Å². The summed E-state index contributed by atoms with van der Waals surface area (Å²) in [5, 5.41) is 0. The van der Waals surface area contributed by atoms with Gasteiger partial charge in [0.05, 0.1) is 12.7 Å².